The van der Waals surface area contributed by atoms with Crippen LogP contribution in [0.15, 0.2) is 35.3 Å². The predicted molar refractivity (Wildman–Crippen MR) is 119 cm³/mol. The van der Waals surface area contributed by atoms with Crippen LogP contribution >= 0.6 is 0 Å². The second-order valence-corrected chi connectivity index (χ2v) is 8.32. The molecule has 3 atom stereocenters. The Morgan fingerprint density at radius 1 is 1.28 bits per heavy atom. The first-order valence-corrected chi connectivity index (χ1v) is 10.6. The Hall–Kier alpha value is -3.33. The van der Waals surface area contributed by atoms with Crippen molar-refractivity contribution in [1.82, 2.24) is 19.9 Å². The highest BCUT2D eigenvalue weighted by Crippen LogP contribution is 2.23. The van der Waals surface area contributed by atoms with Crippen molar-refractivity contribution in [2.24, 2.45) is 0 Å². The highest BCUT2D eigenvalue weighted by molar-refractivity contribution is 5.94. The van der Waals surface area contributed by atoms with Crippen LogP contribution in [0.4, 0.5) is 10.2 Å². The van der Waals surface area contributed by atoms with Crippen molar-refractivity contribution in [3.8, 4) is 0 Å². The molecule has 1 fully saturated rings. The summed E-state index contributed by atoms with van der Waals surface area (Å²) < 4.78 is 20.4. The van der Waals surface area contributed by atoms with Gasteiger partial charge in [0.05, 0.1) is 34.7 Å². The van der Waals surface area contributed by atoms with Gasteiger partial charge in [-0.1, -0.05) is 6.07 Å². The molecular weight excluding hydrogens is 413 g/mol. The SMILES string of the molecule is Cc1nc2ccc([C@H](C)Nc3ncc(C(=O)N4C[C@@H](C)O[C@@H](C)C4)cc3F)cc2c(=O)[nH]1. The van der Waals surface area contributed by atoms with Crippen molar-refractivity contribution in [1.29, 1.82) is 0 Å². The molecule has 1 aliphatic rings. The first-order valence-electron chi connectivity index (χ1n) is 10.6. The van der Waals surface area contributed by atoms with Gasteiger partial charge in [0.1, 0.15) is 5.82 Å². The number of amides is 1. The molecule has 1 aromatic carbocycles. The van der Waals surface area contributed by atoms with Gasteiger partial charge < -0.3 is 19.9 Å². The summed E-state index contributed by atoms with van der Waals surface area (Å²) in [6, 6.07) is 6.20. The second kappa shape index (κ2) is 8.66. The number of rotatable bonds is 4. The lowest BCUT2D eigenvalue weighted by Gasteiger charge is -2.35. The number of carbonyl (C=O) groups is 1. The molecule has 0 unspecified atom stereocenters. The number of H-pyrrole nitrogens is 1. The number of ether oxygens (including phenoxy) is 1. The van der Waals surface area contributed by atoms with E-state index in [1.807, 2.05) is 26.8 Å². The largest absolute Gasteiger partial charge is 0.372 e. The van der Waals surface area contributed by atoms with Crippen LogP contribution in [0, 0.1) is 12.7 Å². The van der Waals surface area contributed by atoms with Crippen LogP contribution in [0.2, 0.25) is 0 Å². The standard InChI is InChI=1S/C23H26FN5O3/c1-12-10-29(11-13(2)32-12)23(31)17-8-19(24)21(25-9-17)26-14(3)16-5-6-20-18(7-16)22(30)28-15(4)27-20/h5-9,12-14H,10-11H2,1-4H3,(H,25,26)(H,27,28,30)/t12-,13+,14-/m0/s1. The maximum Gasteiger partial charge on any atom is 0.258 e. The van der Waals surface area contributed by atoms with Crippen molar-refractivity contribution >= 4 is 22.6 Å². The summed E-state index contributed by atoms with van der Waals surface area (Å²) in [7, 11) is 0. The lowest BCUT2D eigenvalue weighted by molar-refractivity contribution is -0.0586. The first-order chi connectivity index (χ1) is 15.2. The van der Waals surface area contributed by atoms with Crippen LogP contribution in [-0.4, -0.2) is 51.1 Å². The van der Waals surface area contributed by atoms with Crippen molar-refractivity contribution in [2.75, 3.05) is 18.4 Å². The molecule has 0 radical (unpaired) electrons. The molecule has 1 aliphatic heterocycles. The number of anilines is 1. The van der Waals surface area contributed by atoms with E-state index in [-0.39, 0.29) is 41.1 Å². The van der Waals surface area contributed by atoms with Crippen LogP contribution in [-0.2, 0) is 4.74 Å². The maximum absolute atomic E-state index is 14.8. The molecule has 2 aromatic heterocycles. The Labute approximate surface area is 184 Å². The van der Waals surface area contributed by atoms with Gasteiger partial charge >= 0.3 is 0 Å². The monoisotopic (exact) mass is 439 g/mol. The number of carbonyl (C=O) groups excluding carboxylic acids is 1. The van der Waals surface area contributed by atoms with E-state index >= 15 is 0 Å². The van der Waals surface area contributed by atoms with Crippen LogP contribution in [0.25, 0.3) is 10.9 Å². The van der Waals surface area contributed by atoms with E-state index in [0.29, 0.717) is 29.8 Å². The minimum atomic E-state index is -0.618. The van der Waals surface area contributed by atoms with Gasteiger partial charge in [-0.25, -0.2) is 14.4 Å². The van der Waals surface area contributed by atoms with Crippen molar-refractivity contribution in [3.63, 3.8) is 0 Å². The number of aromatic nitrogens is 3. The van der Waals surface area contributed by atoms with Gasteiger partial charge in [0.15, 0.2) is 11.6 Å². The normalized spacial score (nSPS) is 19.7. The number of morpholine rings is 1. The molecule has 32 heavy (non-hydrogen) atoms. The van der Waals surface area contributed by atoms with Gasteiger partial charge in [0.2, 0.25) is 0 Å². The summed E-state index contributed by atoms with van der Waals surface area (Å²) in [6.07, 6.45) is 1.23. The molecule has 3 aromatic rings. The third-order valence-electron chi connectivity index (χ3n) is 5.50. The summed E-state index contributed by atoms with van der Waals surface area (Å²) in [5.41, 5.74) is 1.36. The van der Waals surface area contributed by atoms with Crippen molar-refractivity contribution in [3.05, 3.63) is 63.6 Å². The van der Waals surface area contributed by atoms with Crippen LogP contribution in [0.5, 0.6) is 0 Å². The van der Waals surface area contributed by atoms with E-state index in [2.05, 4.69) is 20.3 Å². The molecule has 9 heteroatoms. The summed E-state index contributed by atoms with van der Waals surface area (Å²) in [5, 5.41) is 3.48. The third kappa shape index (κ3) is 4.47. The minimum absolute atomic E-state index is 0.0359. The second-order valence-electron chi connectivity index (χ2n) is 8.32. The quantitative estimate of drug-likeness (QED) is 0.648. The number of hydrogen-bond donors (Lipinski definition) is 2. The summed E-state index contributed by atoms with van der Waals surface area (Å²) in [4.78, 5) is 37.8. The molecule has 8 nitrogen and oxygen atoms in total. The molecule has 3 heterocycles. The lowest BCUT2D eigenvalue weighted by atomic mass is 10.1. The molecular formula is C23H26FN5O3. The van der Waals surface area contributed by atoms with Crippen molar-refractivity contribution < 1.29 is 13.9 Å². The van der Waals surface area contributed by atoms with E-state index < -0.39 is 5.82 Å². The van der Waals surface area contributed by atoms with E-state index in [4.69, 9.17) is 4.74 Å². The van der Waals surface area contributed by atoms with Gasteiger partial charge in [0, 0.05) is 19.3 Å². The zero-order valence-electron chi connectivity index (χ0n) is 18.5. The van der Waals surface area contributed by atoms with E-state index in [0.717, 1.165) is 5.56 Å². The lowest BCUT2D eigenvalue weighted by Crippen LogP contribution is -2.48. The number of hydrogen-bond acceptors (Lipinski definition) is 6. The fraction of sp³-hybridized carbons (Fsp3) is 0.391. The topological polar surface area (TPSA) is 100 Å². The van der Waals surface area contributed by atoms with Gasteiger partial charge in [-0.2, -0.15) is 0 Å². The molecule has 0 aliphatic carbocycles. The maximum atomic E-state index is 14.8. The Kier molecular flexibility index (Phi) is 5.92. The average molecular weight is 439 g/mol. The molecule has 1 saturated heterocycles. The van der Waals surface area contributed by atoms with Gasteiger partial charge in [-0.15, -0.1) is 0 Å². The predicted octanol–water partition coefficient (Wildman–Crippen LogP) is 3.19. The van der Waals surface area contributed by atoms with E-state index in [1.54, 1.807) is 24.0 Å². The molecule has 1 amide bonds. The van der Waals surface area contributed by atoms with Gasteiger partial charge in [-0.05, 0) is 51.5 Å². The number of aryl methyl sites for hydroxylation is 1. The number of benzene rings is 1. The Morgan fingerprint density at radius 3 is 2.69 bits per heavy atom. The zero-order valence-corrected chi connectivity index (χ0v) is 18.5. The van der Waals surface area contributed by atoms with E-state index in [1.165, 1.54) is 12.3 Å². The van der Waals surface area contributed by atoms with E-state index in [9.17, 15) is 14.0 Å². The Bertz CT molecular complexity index is 1220. The molecule has 2 N–H and O–H groups in total. The summed E-state index contributed by atoms with van der Waals surface area (Å²) in [6.45, 7) is 8.28. The highest BCUT2D eigenvalue weighted by atomic mass is 19.1. The van der Waals surface area contributed by atoms with Crippen LogP contribution < -0.4 is 10.9 Å². The van der Waals surface area contributed by atoms with Crippen molar-refractivity contribution in [2.45, 2.75) is 45.9 Å². The first kappa shape index (κ1) is 21.9. The molecule has 0 saturated carbocycles. The fourth-order valence-corrected chi connectivity index (χ4v) is 4.02. The number of pyridine rings is 1. The highest BCUT2D eigenvalue weighted by Gasteiger charge is 2.27. The fourth-order valence-electron chi connectivity index (χ4n) is 4.02. The van der Waals surface area contributed by atoms with Gasteiger partial charge in [0.25, 0.3) is 11.5 Å². The summed E-state index contributed by atoms with van der Waals surface area (Å²) >= 11 is 0. The molecule has 168 valence electrons. The van der Waals surface area contributed by atoms with Crippen LogP contribution in [0.1, 0.15) is 48.6 Å². The Morgan fingerprint density at radius 2 is 2.00 bits per heavy atom. The third-order valence-corrected chi connectivity index (χ3v) is 5.50. The Balaban J connectivity index is 1.52. The zero-order chi connectivity index (χ0) is 23.0. The minimum Gasteiger partial charge on any atom is -0.372 e. The average Bonchev–Trinajstić information content (AvgIpc) is 2.73. The summed E-state index contributed by atoms with van der Waals surface area (Å²) in [5.74, 6) is -0.306. The van der Waals surface area contributed by atoms with Crippen LogP contribution in [0.3, 0.4) is 0 Å². The number of nitrogens with one attached hydrogen (secondary N) is 2. The molecule has 4 rings (SSSR count). The molecule has 0 bridgehead atoms. The number of aromatic amines is 1. The molecule has 0 spiro atoms. The number of nitrogens with zero attached hydrogens (tertiary/aromatic N) is 3. The van der Waals surface area contributed by atoms with Gasteiger partial charge in [-0.3, -0.25) is 9.59 Å². The smallest absolute Gasteiger partial charge is 0.258 e. The number of fused-ring (bicyclic) bond motifs is 1. The number of halogens is 1.